The lowest BCUT2D eigenvalue weighted by Gasteiger charge is -2.09. The molecule has 0 aliphatic carbocycles. The molecule has 5 nitrogen and oxygen atoms in total. The number of aromatic nitrogens is 1. The molecule has 0 atom stereocenters. The fourth-order valence-electron chi connectivity index (χ4n) is 3.25. The molecule has 144 valence electrons. The SMILES string of the molecule is CC=CCCOc1ccc(C(=O)n2c(C)cc3c(CC(=O)O)cccc32)cc1. The van der Waals surface area contributed by atoms with Gasteiger partial charge in [0, 0.05) is 16.6 Å². The first-order chi connectivity index (χ1) is 13.5. The van der Waals surface area contributed by atoms with Crippen LogP contribution in [0.1, 0.15) is 35.0 Å². The zero-order valence-electron chi connectivity index (χ0n) is 16.0. The van der Waals surface area contributed by atoms with Crippen molar-refractivity contribution in [2.24, 2.45) is 0 Å². The zero-order chi connectivity index (χ0) is 20.1. The maximum atomic E-state index is 13.1. The molecule has 5 heteroatoms. The van der Waals surface area contributed by atoms with Gasteiger partial charge in [0.15, 0.2) is 0 Å². The number of carboxylic acid groups (broad SMARTS) is 1. The normalized spacial score (nSPS) is 11.2. The first-order valence-corrected chi connectivity index (χ1v) is 9.21. The van der Waals surface area contributed by atoms with Crippen molar-refractivity contribution >= 4 is 22.8 Å². The van der Waals surface area contributed by atoms with Gasteiger partial charge in [0.2, 0.25) is 0 Å². The molecule has 0 bridgehead atoms. The van der Waals surface area contributed by atoms with Crippen LogP contribution in [0.2, 0.25) is 0 Å². The van der Waals surface area contributed by atoms with Gasteiger partial charge in [-0.3, -0.25) is 14.2 Å². The molecule has 0 amide bonds. The monoisotopic (exact) mass is 377 g/mol. The van der Waals surface area contributed by atoms with Gasteiger partial charge in [0.05, 0.1) is 18.5 Å². The fraction of sp³-hybridized carbons (Fsp3) is 0.217. The summed E-state index contributed by atoms with van der Waals surface area (Å²) in [5.41, 5.74) is 2.73. The number of hydrogen-bond donors (Lipinski definition) is 1. The van der Waals surface area contributed by atoms with Gasteiger partial charge in [0.1, 0.15) is 5.75 Å². The van der Waals surface area contributed by atoms with Crippen molar-refractivity contribution < 1.29 is 19.4 Å². The number of aliphatic carboxylic acids is 1. The van der Waals surface area contributed by atoms with Crippen molar-refractivity contribution in [1.82, 2.24) is 4.57 Å². The van der Waals surface area contributed by atoms with Crippen LogP contribution < -0.4 is 4.74 Å². The van der Waals surface area contributed by atoms with E-state index in [1.807, 2.05) is 38.1 Å². The summed E-state index contributed by atoms with van der Waals surface area (Å²) in [5.74, 6) is -0.325. The number of carbonyl (C=O) groups is 2. The number of carbonyl (C=O) groups excluding carboxylic acids is 1. The Bertz CT molecular complexity index is 1030. The summed E-state index contributed by atoms with van der Waals surface area (Å²) in [6.45, 7) is 4.41. The summed E-state index contributed by atoms with van der Waals surface area (Å²) in [6.07, 6.45) is 4.78. The lowest BCUT2D eigenvalue weighted by molar-refractivity contribution is -0.136. The van der Waals surface area contributed by atoms with Gasteiger partial charge < -0.3 is 9.84 Å². The molecule has 0 unspecified atom stereocenters. The average Bonchev–Trinajstić information content (AvgIpc) is 3.02. The van der Waals surface area contributed by atoms with E-state index in [0.717, 1.165) is 23.3 Å². The smallest absolute Gasteiger partial charge is 0.307 e. The molecule has 0 spiro atoms. The highest BCUT2D eigenvalue weighted by molar-refractivity contribution is 6.04. The topological polar surface area (TPSA) is 68.5 Å². The molecule has 0 saturated heterocycles. The quantitative estimate of drug-likeness (QED) is 0.482. The van der Waals surface area contributed by atoms with Crippen molar-refractivity contribution in [2.75, 3.05) is 6.61 Å². The van der Waals surface area contributed by atoms with E-state index in [-0.39, 0.29) is 12.3 Å². The minimum atomic E-state index is -0.894. The lowest BCUT2D eigenvalue weighted by Crippen LogP contribution is -2.13. The summed E-state index contributed by atoms with van der Waals surface area (Å²) >= 11 is 0. The Hall–Kier alpha value is -3.34. The third-order valence-corrected chi connectivity index (χ3v) is 4.56. The third-order valence-electron chi connectivity index (χ3n) is 4.56. The maximum Gasteiger partial charge on any atom is 0.307 e. The van der Waals surface area contributed by atoms with E-state index in [0.29, 0.717) is 23.3 Å². The van der Waals surface area contributed by atoms with Crippen molar-refractivity contribution in [1.29, 1.82) is 0 Å². The highest BCUT2D eigenvalue weighted by atomic mass is 16.5. The van der Waals surface area contributed by atoms with Gasteiger partial charge >= 0.3 is 5.97 Å². The summed E-state index contributed by atoms with van der Waals surface area (Å²) in [5, 5.41) is 9.91. The number of benzene rings is 2. The molecule has 1 aromatic heterocycles. The molecule has 1 heterocycles. The fourth-order valence-corrected chi connectivity index (χ4v) is 3.25. The summed E-state index contributed by atoms with van der Waals surface area (Å²) in [6, 6.07) is 14.4. The molecule has 2 aromatic carbocycles. The van der Waals surface area contributed by atoms with Crippen LogP contribution in [0.25, 0.3) is 10.9 Å². The van der Waals surface area contributed by atoms with Gasteiger partial charge in [-0.1, -0.05) is 24.3 Å². The van der Waals surface area contributed by atoms with E-state index in [4.69, 9.17) is 9.84 Å². The number of carboxylic acids is 1. The second kappa shape index (κ2) is 8.57. The molecular weight excluding hydrogens is 354 g/mol. The Labute approximate surface area is 163 Å². The summed E-state index contributed by atoms with van der Waals surface area (Å²) in [7, 11) is 0. The molecule has 3 aromatic rings. The van der Waals surface area contributed by atoms with Crippen LogP contribution in [0, 0.1) is 6.92 Å². The van der Waals surface area contributed by atoms with Crippen molar-refractivity contribution in [3.05, 3.63) is 77.5 Å². The van der Waals surface area contributed by atoms with Gasteiger partial charge in [0.25, 0.3) is 5.91 Å². The second-order valence-electron chi connectivity index (χ2n) is 6.58. The Morgan fingerprint density at radius 3 is 2.57 bits per heavy atom. The molecule has 0 fully saturated rings. The average molecular weight is 377 g/mol. The Morgan fingerprint density at radius 1 is 1.14 bits per heavy atom. The maximum absolute atomic E-state index is 13.1. The highest BCUT2D eigenvalue weighted by Gasteiger charge is 2.17. The number of rotatable bonds is 7. The number of allylic oxidation sites excluding steroid dienone is 1. The van der Waals surface area contributed by atoms with E-state index < -0.39 is 5.97 Å². The van der Waals surface area contributed by atoms with Gasteiger partial charge in [-0.2, -0.15) is 0 Å². The Morgan fingerprint density at radius 2 is 1.89 bits per heavy atom. The predicted molar refractivity (Wildman–Crippen MR) is 109 cm³/mol. The predicted octanol–water partition coefficient (Wildman–Crippen LogP) is 4.61. The molecule has 0 saturated carbocycles. The number of nitrogens with zero attached hydrogens (tertiary/aromatic N) is 1. The minimum absolute atomic E-state index is 0.0752. The minimum Gasteiger partial charge on any atom is -0.493 e. The van der Waals surface area contributed by atoms with Gasteiger partial charge in [-0.15, -0.1) is 0 Å². The van der Waals surface area contributed by atoms with Crippen LogP contribution in [0.4, 0.5) is 0 Å². The van der Waals surface area contributed by atoms with Crippen LogP contribution in [-0.2, 0) is 11.2 Å². The van der Waals surface area contributed by atoms with E-state index in [1.54, 1.807) is 41.0 Å². The van der Waals surface area contributed by atoms with E-state index >= 15 is 0 Å². The molecule has 1 N–H and O–H groups in total. The first kappa shape index (κ1) is 19.4. The summed E-state index contributed by atoms with van der Waals surface area (Å²) in [4.78, 5) is 24.2. The zero-order valence-corrected chi connectivity index (χ0v) is 16.0. The van der Waals surface area contributed by atoms with Crippen LogP contribution >= 0.6 is 0 Å². The Kier molecular flexibility index (Phi) is 5.94. The Balaban J connectivity index is 1.87. The highest BCUT2D eigenvalue weighted by Crippen LogP contribution is 2.25. The standard InChI is InChI=1S/C23H23NO4/c1-3-4-5-13-28-19-11-9-17(10-12-19)23(27)24-16(2)14-20-18(15-22(25)26)7-6-8-21(20)24/h3-4,6-12,14H,5,13,15H2,1-2H3,(H,25,26). The van der Waals surface area contributed by atoms with Gasteiger partial charge in [-0.25, -0.2) is 0 Å². The largest absolute Gasteiger partial charge is 0.493 e. The molecule has 0 aliphatic rings. The van der Waals surface area contributed by atoms with Gasteiger partial charge in [-0.05, 0) is 62.2 Å². The van der Waals surface area contributed by atoms with Crippen LogP contribution in [-0.4, -0.2) is 28.2 Å². The van der Waals surface area contributed by atoms with E-state index in [9.17, 15) is 9.59 Å². The molecule has 0 aliphatic heterocycles. The lowest BCUT2D eigenvalue weighted by atomic mass is 10.1. The van der Waals surface area contributed by atoms with E-state index in [2.05, 4.69) is 0 Å². The number of aryl methyl sites for hydroxylation is 1. The van der Waals surface area contributed by atoms with Crippen molar-refractivity contribution in [3.63, 3.8) is 0 Å². The van der Waals surface area contributed by atoms with Crippen LogP contribution in [0.15, 0.2) is 60.7 Å². The first-order valence-electron chi connectivity index (χ1n) is 9.21. The molecule has 0 radical (unpaired) electrons. The number of hydrogen-bond acceptors (Lipinski definition) is 3. The van der Waals surface area contributed by atoms with Crippen LogP contribution in [0.3, 0.4) is 0 Å². The number of fused-ring (bicyclic) bond motifs is 1. The third kappa shape index (κ3) is 4.14. The number of ether oxygens (including phenoxy) is 1. The molecule has 28 heavy (non-hydrogen) atoms. The summed E-state index contributed by atoms with van der Waals surface area (Å²) < 4.78 is 7.28. The second-order valence-corrected chi connectivity index (χ2v) is 6.58. The molecular formula is C23H23NO4. The van der Waals surface area contributed by atoms with Crippen LogP contribution in [0.5, 0.6) is 5.75 Å². The molecule has 3 rings (SSSR count). The van der Waals surface area contributed by atoms with Crippen molar-refractivity contribution in [2.45, 2.75) is 26.7 Å². The van der Waals surface area contributed by atoms with Crippen molar-refractivity contribution in [3.8, 4) is 5.75 Å². The van der Waals surface area contributed by atoms with E-state index in [1.165, 1.54) is 0 Å².